The van der Waals surface area contributed by atoms with Crippen molar-refractivity contribution in [2.24, 2.45) is 5.92 Å². The smallest absolute Gasteiger partial charge is 0.238 e. The van der Waals surface area contributed by atoms with Crippen LogP contribution < -0.4 is 5.32 Å². The van der Waals surface area contributed by atoms with E-state index in [1.54, 1.807) is 12.5 Å². The van der Waals surface area contributed by atoms with Gasteiger partial charge in [-0.3, -0.25) is 9.69 Å². The van der Waals surface area contributed by atoms with E-state index in [1.165, 1.54) is 6.42 Å². The lowest BCUT2D eigenvalue weighted by molar-refractivity contribution is -0.117. The molecule has 3 heterocycles. The normalized spacial score (nSPS) is 17.5. The lowest BCUT2D eigenvalue weighted by Crippen LogP contribution is -2.41. The van der Waals surface area contributed by atoms with Gasteiger partial charge in [0.05, 0.1) is 12.9 Å². The molecule has 1 fully saturated rings. The van der Waals surface area contributed by atoms with Gasteiger partial charge in [0.2, 0.25) is 5.91 Å². The summed E-state index contributed by atoms with van der Waals surface area (Å²) >= 11 is 0. The number of hydrogen-bond donors (Lipinski definition) is 1. The molecule has 1 aliphatic rings. The van der Waals surface area contributed by atoms with Gasteiger partial charge in [0.15, 0.2) is 0 Å². The fourth-order valence-electron chi connectivity index (χ4n) is 3.85. The average Bonchev–Trinajstić information content (AvgIpc) is 3.35. The van der Waals surface area contributed by atoms with E-state index in [-0.39, 0.29) is 5.91 Å². The number of nitrogens with one attached hydrogen (secondary N) is 1. The zero-order valence-electron chi connectivity index (χ0n) is 16.2. The van der Waals surface area contributed by atoms with Gasteiger partial charge in [0.25, 0.3) is 0 Å². The molecule has 0 radical (unpaired) electrons. The third kappa shape index (κ3) is 4.48. The maximum absolute atomic E-state index is 12.5. The number of benzene rings is 1. The first-order valence-corrected chi connectivity index (χ1v) is 9.76. The topological polar surface area (TPSA) is 68.0 Å². The number of piperidine rings is 1. The minimum absolute atomic E-state index is 0.0369. The Kier molecular flexibility index (Phi) is 5.53. The van der Waals surface area contributed by atoms with Crippen molar-refractivity contribution in [2.75, 3.05) is 25.0 Å². The molecule has 0 bridgehead atoms. The molecule has 1 saturated heterocycles. The van der Waals surface area contributed by atoms with E-state index in [0.29, 0.717) is 12.5 Å². The number of imidazole rings is 2. The second kappa shape index (κ2) is 8.39. The highest BCUT2D eigenvalue weighted by atomic mass is 16.2. The highest BCUT2D eigenvalue weighted by Crippen LogP contribution is 2.19. The van der Waals surface area contributed by atoms with Crippen molar-refractivity contribution in [3.8, 4) is 5.69 Å². The van der Waals surface area contributed by atoms with Gasteiger partial charge in [0.1, 0.15) is 5.82 Å². The molecule has 7 nitrogen and oxygen atoms in total. The van der Waals surface area contributed by atoms with Crippen LogP contribution in [-0.4, -0.2) is 49.5 Å². The number of rotatable bonds is 6. The summed E-state index contributed by atoms with van der Waals surface area (Å²) in [6.45, 7) is 5.37. The van der Waals surface area contributed by atoms with E-state index < -0.39 is 0 Å². The van der Waals surface area contributed by atoms with E-state index in [1.807, 2.05) is 54.3 Å². The van der Waals surface area contributed by atoms with Gasteiger partial charge in [-0.1, -0.05) is 0 Å². The second-order valence-corrected chi connectivity index (χ2v) is 7.44. The van der Waals surface area contributed by atoms with Gasteiger partial charge < -0.3 is 14.5 Å². The van der Waals surface area contributed by atoms with Crippen LogP contribution in [0.25, 0.3) is 5.69 Å². The van der Waals surface area contributed by atoms with Crippen LogP contribution in [0, 0.1) is 12.8 Å². The monoisotopic (exact) mass is 378 g/mol. The van der Waals surface area contributed by atoms with Crippen molar-refractivity contribution < 1.29 is 4.79 Å². The molecule has 3 aromatic rings. The first-order chi connectivity index (χ1) is 13.7. The summed E-state index contributed by atoms with van der Waals surface area (Å²) in [5, 5.41) is 3.01. The molecular formula is C21H26N6O. The van der Waals surface area contributed by atoms with Crippen molar-refractivity contribution in [3.63, 3.8) is 0 Å². The maximum atomic E-state index is 12.5. The van der Waals surface area contributed by atoms with E-state index >= 15 is 0 Å². The molecule has 7 heteroatoms. The highest BCUT2D eigenvalue weighted by Gasteiger charge is 2.22. The maximum Gasteiger partial charge on any atom is 0.238 e. The zero-order chi connectivity index (χ0) is 19.3. The number of likely N-dealkylation sites (tertiary alicyclic amines) is 1. The Hall–Kier alpha value is -2.93. The quantitative estimate of drug-likeness (QED) is 0.716. The number of anilines is 1. The van der Waals surface area contributed by atoms with Gasteiger partial charge in [0, 0.05) is 49.3 Å². The summed E-state index contributed by atoms with van der Waals surface area (Å²) in [6.07, 6.45) is 11.6. The molecule has 1 aromatic carbocycles. The number of aromatic nitrogens is 4. The standard InChI is InChI=1S/C21H26N6O/c1-17-23-9-12-26(17)14-18-3-2-10-25(13-18)15-21(28)24-19-4-6-20(7-5-19)27-11-8-22-16-27/h4-9,11-12,16,18H,2-3,10,13-15H2,1H3,(H,24,28)/t18-/m0/s1. The number of hydrogen-bond acceptors (Lipinski definition) is 4. The fourth-order valence-corrected chi connectivity index (χ4v) is 3.85. The molecule has 1 N–H and O–H groups in total. The molecule has 28 heavy (non-hydrogen) atoms. The van der Waals surface area contributed by atoms with Gasteiger partial charge in [-0.2, -0.15) is 0 Å². The first kappa shape index (κ1) is 18.4. The predicted octanol–water partition coefficient (Wildman–Crippen LogP) is 2.73. The van der Waals surface area contributed by atoms with Gasteiger partial charge in [-0.25, -0.2) is 9.97 Å². The molecule has 2 aromatic heterocycles. The van der Waals surface area contributed by atoms with Gasteiger partial charge in [-0.15, -0.1) is 0 Å². The van der Waals surface area contributed by atoms with Gasteiger partial charge in [-0.05, 0) is 56.5 Å². The Labute approximate surface area is 165 Å². The van der Waals surface area contributed by atoms with Crippen molar-refractivity contribution in [3.05, 3.63) is 61.2 Å². The molecule has 1 aliphatic heterocycles. The summed E-state index contributed by atoms with van der Waals surface area (Å²) in [6, 6.07) is 7.80. The van der Waals surface area contributed by atoms with Crippen molar-refractivity contribution in [1.29, 1.82) is 0 Å². The van der Waals surface area contributed by atoms with Crippen LogP contribution in [0.5, 0.6) is 0 Å². The lowest BCUT2D eigenvalue weighted by atomic mass is 9.98. The van der Waals surface area contributed by atoms with Crippen molar-refractivity contribution in [2.45, 2.75) is 26.3 Å². The van der Waals surface area contributed by atoms with Crippen LogP contribution in [0.2, 0.25) is 0 Å². The summed E-state index contributed by atoms with van der Waals surface area (Å²) in [4.78, 5) is 23.1. The number of carbonyl (C=O) groups excluding carboxylic acids is 1. The number of carbonyl (C=O) groups is 1. The minimum Gasteiger partial charge on any atom is -0.335 e. The molecule has 1 amide bonds. The largest absolute Gasteiger partial charge is 0.335 e. The van der Waals surface area contributed by atoms with Crippen LogP contribution >= 0.6 is 0 Å². The van der Waals surface area contributed by atoms with Crippen LogP contribution in [0.3, 0.4) is 0 Å². The Morgan fingerprint density at radius 3 is 2.79 bits per heavy atom. The molecule has 146 valence electrons. The third-order valence-electron chi connectivity index (χ3n) is 5.30. The van der Waals surface area contributed by atoms with Crippen molar-refractivity contribution in [1.82, 2.24) is 24.0 Å². The third-order valence-corrected chi connectivity index (χ3v) is 5.30. The molecular weight excluding hydrogens is 352 g/mol. The molecule has 0 unspecified atom stereocenters. The SMILES string of the molecule is Cc1nccn1C[C@H]1CCCN(CC(=O)Nc2ccc(-n3ccnc3)cc2)C1. The molecule has 0 aliphatic carbocycles. The van der Waals surface area contributed by atoms with E-state index in [9.17, 15) is 4.79 Å². The highest BCUT2D eigenvalue weighted by molar-refractivity contribution is 5.92. The second-order valence-electron chi connectivity index (χ2n) is 7.44. The first-order valence-electron chi connectivity index (χ1n) is 9.76. The Bertz CT molecular complexity index is 899. The molecule has 0 spiro atoms. The van der Waals surface area contributed by atoms with E-state index in [4.69, 9.17) is 0 Å². The summed E-state index contributed by atoms with van der Waals surface area (Å²) in [5.74, 6) is 1.65. The van der Waals surface area contributed by atoms with Crippen molar-refractivity contribution >= 4 is 11.6 Å². The molecule has 1 atom stereocenters. The Balaban J connectivity index is 1.29. The average molecular weight is 378 g/mol. The van der Waals surface area contributed by atoms with Gasteiger partial charge >= 0.3 is 0 Å². The van der Waals surface area contributed by atoms with Crippen LogP contribution in [0.4, 0.5) is 5.69 Å². The summed E-state index contributed by atoms with van der Waals surface area (Å²) in [5.41, 5.74) is 1.83. The summed E-state index contributed by atoms with van der Waals surface area (Å²) < 4.78 is 4.14. The molecule has 0 saturated carbocycles. The zero-order valence-corrected chi connectivity index (χ0v) is 16.2. The van der Waals surface area contributed by atoms with Crippen LogP contribution in [-0.2, 0) is 11.3 Å². The minimum atomic E-state index is 0.0369. The lowest BCUT2D eigenvalue weighted by Gasteiger charge is -2.32. The van der Waals surface area contributed by atoms with Crippen LogP contribution in [0.15, 0.2) is 55.4 Å². The number of nitrogens with zero attached hydrogens (tertiary/aromatic N) is 5. The number of aryl methyl sites for hydroxylation is 1. The predicted molar refractivity (Wildman–Crippen MR) is 108 cm³/mol. The Morgan fingerprint density at radius 2 is 2.07 bits per heavy atom. The molecule has 4 rings (SSSR count). The van der Waals surface area contributed by atoms with E-state index in [2.05, 4.69) is 24.8 Å². The fraction of sp³-hybridized carbons (Fsp3) is 0.381. The van der Waals surface area contributed by atoms with E-state index in [0.717, 1.165) is 43.3 Å². The number of amides is 1. The van der Waals surface area contributed by atoms with Crippen LogP contribution in [0.1, 0.15) is 18.7 Å². The summed E-state index contributed by atoms with van der Waals surface area (Å²) in [7, 11) is 0. The Morgan fingerprint density at radius 1 is 1.21 bits per heavy atom.